The lowest BCUT2D eigenvalue weighted by molar-refractivity contribution is -0.385. The molecule has 260 valence electrons. The second-order valence-electron chi connectivity index (χ2n) is 12.2. The van der Waals surface area contributed by atoms with Gasteiger partial charge in [-0.15, -0.1) is 0 Å². The molecule has 2 amide bonds. The molecule has 0 unspecified atom stereocenters. The van der Waals surface area contributed by atoms with E-state index < -0.39 is 9.85 Å². The Hall–Kier alpha value is -7.67. The van der Waals surface area contributed by atoms with E-state index >= 15 is 0 Å². The molecule has 0 fully saturated rings. The number of carbonyl (C=O) groups excluding carboxylic acids is 3. The summed E-state index contributed by atoms with van der Waals surface area (Å²) in [6, 6.07) is 36.0. The number of ketones is 1. The number of rotatable bonds is 10. The lowest BCUT2D eigenvalue weighted by Crippen LogP contribution is -2.19. The number of anilines is 6. The molecule has 6 aromatic carbocycles. The van der Waals surface area contributed by atoms with E-state index in [4.69, 9.17) is 0 Å². The van der Waals surface area contributed by atoms with E-state index in [9.17, 15) is 34.6 Å². The second-order valence-corrected chi connectivity index (χ2v) is 12.2. The third-order valence-electron chi connectivity index (χ3n) is 8.63. The van der Waals surface area contributed by atoms with Gasteiger partial charge >= 0.3 is 0 Å². The molecule has 0 saturated carbocycles. The first-order valence-electron chi connectivity index (χ1n) is 16.3. The van der Waals surface area contributed by atoms with Crippen LogP contribution in [0.4, 0.5) is 45.5 Å². The maximum absolute atomic E-state index is 13.6. The Bertz CT molecular complexity index is 2410. The first kappa shape index (κ1) is 33.8. The monoisotopic (exact) mass is 704 g/mol. The van der Waals surface area contributed by atoms with Gasteiger partial charge in [-0.1, -0.05) is 6.07 Å². The molecule has 53 heavy (non-hydrogen) atoms. The van der Waals surface area contributed by atoms with Gasteiger partial charge in [0.1, 0.15) is 0 Å². The lowest BCUT2D eigenvalue weighted by Gasteiger charge is -2.20. The molecule has 0 aliphatic heterocycles. The quantitative estimate of drug-likeness (QED) is 0.0799. The van der Waals surface area contributed by atoms with Crippen LogP contribution in [-0.4, -0.2) is 27.4 Å². The molecule has 4 N–H and O–H groups in total. The Labute approximate surface area is 301 Å². The van der Waals surface area contributed by atoms with E-state index in [0.29, 0.717) is 57.0 Å². The van der Waals surface area contributed by atoms with Gasteiger partial charge < -0.3 is 21.3 Å². The number of amides is 2. The summed E-state index contributed by atoms with van der Waals surface area (Å²) in [6.07, 6.45) is 0.408. The Balaban J connectivity index is 0.965. The van der Waals surface area contributed by atoms with Crippen molar-refractivity contribution >= 4 is 63.1 Å². The lowest BCUT2D eigenvalue weighted by atomic mass is 9.83. The minimum atomic E-state index is -0.464. The van der Waals surface area contributed by atoms with Crippen LogP contribution < -0.4 is 21.3 Å². The van der Waals surface area contributed by atoms with Crippen molar-refractivity contribution in [1.82, 2.24) is 0 Å². The minimum Gasteiger partial charge on any atom is -0.356 e. The predicted octanol–water partition coefficient (Wildman–Crippen LogP) is 8.63. The maximum Gasteiger partial charge on any atom is 0.269 e. The van der Waals surface area contributed by atoms with Crippen molar-refractivity contribution in [3.05, 3.63) is 187 Å². The Morgan fingerprint density at radius 2 is 0.868 bits per heavy atom. The fourth-order valence-electron chi connectivity index (χ4n) is 5.88. The smallest absolute Gasteiger partial charge is 0.269 e. The zero-order valence-corrected chi connectivity index (χ0v) is 27.7. The van der Waals surface area contributed by atoms with Gasteiger partial charge in [0.15, 0.2) is 5.78 Å². The molecule has 0 saturated heterocycles. The molecule has 0 radical (unpaired) electrons. The van der Waals surface area contributed by atoms with Gasteiger partial charge in [-0.25, -0.2) is 0 Å². The molecule has 13 nitrogen and oxygen atoms in total. The van der Waals surface area contributed by atoms with Gasteiger partial charge in [0.05, 0.1) is 9.85 Å². The summed E-state index contributed by atoms with van der Waals surface area (Å²) in [5, 5.41) is 33.8. The molecular weight excluding hydrogens is 676 g/mol. The first-order chi connectivity index (χ1) is 25.6. The van der Waals surface area contributed by atoms with Crippen LogP contribution in [0.1, 0.15) is 47.8 Å². The summed E-state index contributed by atoms with van der Waals surface area (Å²) >= 11 is 0. The van der Waals surface area contributed by atoms with Gasteiger partial charge in [-0.3, -0.25) is 34.6 Å². The molecule has 0 atom stereocenters. The highest BCUT2D eigenvalue weighted by molar-refractivity contribution is 6.15. The Kier molecular flexibility index (Phi) is 9.11. The SMILES string of the molecule is O=C(Nc1ccc(Nc2ccc([N+](=O)[O-])cc2)cc1)c1ccc2c(c1)Cc1ccc(C(=O)Nc3ccc(Nc4ccc([N+](=O)[O-])cc4)cc3)cc1C2=O. The van der Waals surface area contributed by atoms with Crippen LogP contribution in [0.25, 0.3) is 0 Å². The number of nitro groups is 2. The summed E-state index contributed by atoms with van der Waals surface area (Å²) in [6.45, 7) is 0. The number of nitro benzene ring substituents is 2. The summed E-state index contributed by atoms with van der Waals surface area (Å²) in [7, 11) is 0. The number of hydrogen-bond donors (Lipinski definition) is 4. The van der Waals surface area contributed by atoms with E-state index in [-0.39, 0.29) is 29.0 Å². The van der Waals surface area contributed by atoms with Gasteiger partial charge in [0.25, 0.3) is 23.2 Å². The number of fused-ring (bicyclic) bond motifs is 2. The van der Waals surface area contributed by atoms with Crippen LogP contribution in [0.15, 0.2) is 133 Å². The molecule has 6 aromatic rings. The summed E-state index contributed by atoms with van der Waals surface area (Å²) in [5.74, 6) is -0.963. The normalized spacial score (nSPS) is 11.4. The van der Waals surface area contributed by atoms with Crippen molar-refractivity contribution in [2.24, 2.45) is 0 Å². The zero-order valence-electron chi connectivity index (χ0n) is 27.7. The molecule has 0 spiro atoms. The van der Waals surface area contributed by atoms with E-state index in [0.717, 1.165) is 16.9 Å². The molecule has 0 heterocycles. The number of non-ortho nitro benzene ring substituents is 2. The molecule has 1 aliphatic rings. The Morgan fingerprint density at radius 3 is 1.32 bits per heavy atom. The predicted molar refractivity (Wildman–Crippen MR) is 201 cm³/mol. The van der Waals surface area contributed by atoms with Gasteiger partial charge in [-0.05, 0) is 121 Å². The number of nitrogens with zero attached hydrogens (tertiary/aromatic N) is 2. The third kappa shape index (κ3) is 7.59. The molecule has 0 bridgehead atoms. The topological polar surface area (TPSA) is 186 Å². The van der Waals surface area contributed by atoms with Gasteiger partial charge in [-0.2, -0.15) is 0 Å². The zero-order chi connectivity index (χ0) is 37.1. The van der Waals surface area contributed by atoms with E-state index in [2.05, 4.69) is 21.3 Å². The van der Waals surface area contributed by atoms with Crippen LogP contribution in [0, 0.1) is 20.2 Å². The number of hydrogen-bond acceptors (Lipinski definition) is 9. The fraction of sp³-hybridized carbons (Fsp3) is 0.0250. The number of benzene rings is 6. The number of nitrogens with one attached hydrogen (secondary N) is 4. The summed E-state index contributed by atoms with van der Waals surface area (Å²) in [5.41, 5.74) is 6.94. The highest BCUT2D eigenvalue weighted by Crippen LogP contribution is 2.30. The van der Waals surface area contributed by atoms with Gasteiger partial charge in [0, 0.05) is 80.6 Å². The van der Waals surface area contributed by atoms with Crippen molar-refractivity contribution in [2.45, 2.75) is 6.42 Å². The maximum atomic E-state index is 13.6. The minimum absolute atomic E-state index is 0.00193. The summed E-state index contributed by atoms with van der Waals surface area (Å²) < 4.78 is 0. The molecule has 0 aromatic heterocycles. The van der Waals surface area contributed by atoms with Crippen molar-refractivity contribution in [3.63, 3.8) is 0 Å². The van der Waals surface area contributed by atoms with Crippen molar-refractivity contribution < 1.29 is 24.2 Å². The van der Waals surface area contributed by atoms with E-state index in [1.165, 1.54) is 24.3 Å². The van der Waals surface area contributed by atoms with Gasteiger partial charge in [0.2, 0.25) is 0 Å². The average Bonchev–Trinajstić information content (AvgIpc) is 3.16. The average molecular weight is 705 g/mol. The Morgan fingerprint density at radius 1 is 0.472 bits per heavy atom. The van der Waals surface area contributed by atoms with Crippen LogP contribution in [0.3, 0.4) is 0 Å². The highest BCUT2D eigenvalue weighted by atomic mass is 16.6. The van der Waals surface area contributed by atoms with Crippen LogP contribution in [-0.2, 0) is 6.42 Å². The second kappa shape index (κ2) is 14.3. The molecule has 1 aliphatic carbocycles. The first-order valence-corrected chi connectivity index (χ1v) is 16.3. The van der Waals surface area contributed by atoms with Crippen LogP contribution in [0.5, 0.6) is 0 Å². The molecule has 7 rings (SSSR count). The standard InChI is InChI=1S/C40H28N6O7/c47-38-36-20-3-25(39(48)43-32-8-4-28(5-9-32)41-30-12-16-34(17-13-30)45(50)51)22-27(36)21-24-1-2-26(23-37(24)38)40(49)44-33-10-6-29(7-11-33)42-31-14-18-35(19-15-31)46(52)53/h1-20,22-23,41-42H,21H2,(H,43,48)(H,44,49). The fourth-order valence-corrected chi connectivity index (χ4v) is 5.88. The van der Waals surface area contributed by atoms with Crippen molar-refractivity contribution in [1.29, 1.82) is 0 Å². The third-order valence-corrected chi connectivity index (χ3v) is 8.63. The molecular formula is C40H28N6O7. The summed E-state index contributed by atoms with van der Waals surface area (Å²) in [4.78, 5) is 60.7. The van der Waals surface area contributed by atoms with Crippen LogP contribution in [0.2, 0.25) is 0 Å². The van der Waals surface area contributed by atoms with Crippen molar-refractivity contribution in [3.8, 4) is 0 Å². The van der Waals surface area contributed by atoms with Crippen LogP contribution >= 0.6 is 0 Å². The van der Waals surface area contributed by atoms with E-state index in [1.54, 1.807) is 109 Å². The van der Waals surface area contributed by atoms with E-state index in [1.807, 2.05) is 0 Å². The largest absolute Gasteiger partial charge is 0.356 e. The highest BCUT2D eigenvalue weighted by Gasteiger charge is 2.25. The molecule has 13 heteroatoms. The van der Waals surface area contributed by atoms with Crippen molar-refractivity contribution in [2.75, 3.05) is 21.3 Å². The number of carbonyl (C=O) groups is 3.